The minimum atomic E-state index is -4.63. The van der Waals surface area contributed by atoms with E-state index in [1.165, 1.54) is 25.0 Å². The van der Waals surface area contributed by atoms with Gasteiger partial charge < -0.3 is 19.5 Å². The maximum absolute atomic E-state index is 13.2. The number of nitrogens with one attached hydrogen (secondary N) is 1. The van der Waals surface area contributed by atoms with Gasteiger partial charge >= 0.3 is 6.18 Å². The molecule has 0 spiro atoms. The molecule has 0 fully saturated rings. The number of nitro benzene ring substituents is 1. The van der Waals surface area contributed by atoms with E-state index < -0.39 is 28.4 Å². The minimum absolute atomic E-state index is 0.0133. The second-order valence-corrected chi connectivity index (χ2v) is 6.53. The molecule has 2 aromatic rings. The minimum Gasteiger partial charge on any atom is -0.493 e. The van der Waals surface area contributed by atoms with Gasteiger partial charge in [-0.1, -0.05) is 0 Å². The lowest BCUT2D eigenvalue weighted by Crippen LogP contribution is -2.29. The van der Waals surface area contributed by atoms with Crippen molar-refractivity contribution in [3.8, 4) is 11.5 Å². The number of halogens is 3. The van der Waals surface area contributed by atoms with E-state index >= 15 is 0 Å². The Morgan fingerprint density at radius 2 is 2.00 bits per heavy atom. The normalized spacial score (nSPS) is 13.5. The number of ether oxygens (including phenoxy) is 3. The number of nitro groups is 1. The summed E-state index contributed by atoms with van der Waals surface area (Å²) in [5.41, 5.74) is -1.40. The topological polar surface area (TPSA) is 118 Å². The first-order chi connectivity index (χ1) is 14.7. The Morgan fingerprint density at radius 3 is 2.61 bits per heavy atom. The van der Waals surface area contributed by atoms with Crippen molar-refractivity contribution < 1.29 is 37.1 Å². The van der Waals surface area contributed by atoms with Crippen molar-refractivity contribution in [1.82, 2.24) is 15.1 Å². The van der Waals surface area contributed by atoms with E-state index in [1.807, 2.05) is 0 Å². The van der Waals surface area contributed by atoms with Crippen LogP contribution in [0.5, 0.6) is 11.5 Å². The molecule has 0 aliphatic carbocycles. The summed E-state index contributed by atoms with van der Waals surface area (Å²) in [4.78, 5) is 23.1. The Morgan fingerprint density at radius 1 is 1.32 bits per heavy atom. The SMILES string of the molecule is COc1cc(C(=O)NCCn2nc(C(F)(F)F)c3c2CCOC3)c([N+](=O)[O-])cc1OC. The number of amides is 1. The van der Waals surface area contributed by atoms with Gasteiger partial charge in [-0.25, -0.2) is 0 Å². The van der Waals surface area contributed by atoms with Crippen LogP contribution in [0.2, 0.25) is 0 Å². The molecule has 0 radical (unpaired) electrons. The third-order valence-corrected chi connectivity index (χ3v) is 4.72. The number of benzene rings is 1. The zero-order chi connectivity index (χ0) is 22.8. The number of aromatic nitrogens is 2. The Hall–Kier alpha value is -3.35. The molecule has 1 aromatic heterocycles. The van der Waals surface area contributed by atoms with Crippen LogP contribution in [0.15, 0.2) is 12.1 Å². The van der Waals surface area contributed by atoms with Gasteiger partial charge in [0, 0.05) is 30.3 Å². The molecule has 2 heterocycles. The van der Waals surface area contributed by atoms with Crippen molar-refractivity contribution in [2.24, 2.45) is 0 Å². The first kappa shape index (κ1) is 22.3. The molecule has 1 aliphatic rings. The highest BCUT2D eigenvalue weighted by molar-refractivity contribution is 5.99. The van der Waals surface area contributed by atoms with Crippen molar-refractivity contribution in [2.75, 3.05) is 27.4 Å². The van der Waals surface area contributed by atoms with Gasteiger partial charge in [-0.05, 0) is 0 Å². The maximum Gasteiger partial charge on any atom is 0.435 e. The van der Waals surface area contributed by atoms with E-state index in [4.69, 9.17) is 14.2 Å². The molecule has 0 saturated carbocycles. The second kappa shape index (κ2) is 8.79. The molecule has 1 aliphatic heterocycles. The number of hydrogen-bond donors (Lipinski definition) is 1. The fourth-order valence-electron chi connectivity index (χ4n) is 3.29. The van der Waals surface area contributed by atoms with Crippen LogP contribution in [0, 0.1) is 10.1 Å². The fraction of sp³-hybridized carbons (Fsp3) is 0.444. The summed E-state index contributed by atoms with van der Waals surface area (Å²) in [6.45, 7) is -0.0730. The Bertz CT molecular complexity index is 1010. The molecule has 0 bridgehead atoms. The summed E-state index contributed by atoms with van der Waals surface area (Å²) in [6, 6.07) is 2.23. The number of nitrogens with zero attached hydrogens (tertiary/aromatic N) is 3. The van der Waals surface area contributed by atoms with Crippen LogP contribution in [0.1, 0.15) is 27.3 Å². The highest BCUT2D eigenvalue weighted by atomic mass is 19.4. The average Bonchev–Trinajstić information content (AvgIpc) is 3.11. The van der Waals surface area contributed by atoms with Gasteiger partial charge in [0.15, 0.2) is 17.2 Å². The molecular formula is C18H19F3N4O6. The van der Waals surface area contributed by atoms with Gasteiger partial charge in [0.2, 0.25) is 0 Å². The standard InChI is InChI=1S/C18H19F3N4O6/c1-29-14-7-10(13(25(27)28)8-15(14)30-2)17(26)22-4-5-24-12-3-6-31-9-11(12)16(23-24)18(19,20)21/h7-8H,3-6,9H2,1-2H3,(H,22,26). The summed E-state index contributed by atoms with van der Waals surface area (Å²) in [7, 11) is 2.61. The molecule has 1 aromatic carbocycles. The maximum atomic E-state index is 13.2. The van der Waals surface area contributed by atoms with Crippen molar-refractivity contribution in [3.05, 3.63) is 44.8 Å². The fourth-order valence-corrected chi connectivity index (χ4v) is 3.29. The molecule has 168 valence electrons. The van der Waals surface area contributed by atoms with Crippen LogP contribution in [0.4, 0.5) is 18.9 Å². The van der Waals surface area contributed by atoms with E-state index in [9.17, 15) is 28.1 Å². The summed E-state index contributed by atoms with van der Waals surface area (Å²) < 4.78 is 56.1. The van der Waals surface area contributed by atoms with Gasteiger partial charge in [0.05, 0.1) is 45.0 Å². The van der Waals surface area contributed by atoms with Crippen LogP contribution in [-0.2, 0) is 30.5 Å². The first-order valence-electron chi connectivity index (χ1n) is 9.09. The number of fused-ring (bicyclic) bond motifs is 1. The van der Waals surface area contributed by atoms with Gasteiger partial charge in [-0.2, -0.15) is 18.3 Å². The highest BCUT2D eigenvalue weighted by Gasteiger charge is 2.39. The Labute approximate surface area is 174 Å². The second-order valence-electron chi connectivity index (χ2n) is 6.53. The van der Waals surface area contributed by atoms with Crippen LogP contribution >= 0.6 is 0 Å². The predicted molar refractivity (Wildman–Crippen MR) is 99.1 cm³/mol. The van der Waals surface area contributed by atoms with Crippen LogP contribution in [0.25, 0.3) is 0 Å². The van der Waals surface area contributed by atoms with Crippen molar-refractivity contribution in [3.63, 3.8) is 0 Å². The Balaban J connectivity index is 1.78. The number of carbonyl (C=O) groups is 1. The molecule has 0 saturated heterocycles. The molecule has 13 heteroatoms. The third-order valence-electron chi connectivity index (χ3n) is 4.72. The summed E-state index contributed by atoms with van der Waals surface area (Å²) in [5.74, 6) is -0.585. The summed E-state index contributed by atoms with van der Waals surface area (Å²) in [6.07, 6.45) is -4.37. The molecular weight excluding hydrogens is 425 g/mol. The molecule has 3 rings (SSSR count). The first-order valence-corrected chi connectivity index (χ1v) is 9.09. The number of alkyl halides is 3. The Kier molecular flexibility index (Phi) is 6.34. The van der Waals surface area contributed by atoms with Gasteiger partial charge in [-0.3, -0.25) is 19.6 Å². The summed E-state index contributed by atoms with van der Waals surface area (Å²) in [5, 5.41) is 17.5. The van der Waals surface area contributed by atoms with Crippen molar-refractivity contribution in [1.29, 1.82) is 0 Å². The number of hydrogen-bond acceptors (Lipinski definition) is 7. The molecule has 0 atom stereocenters. The smallest absolute Gasteiger partial charge is 0.435 e. The van der Waals surface area contributed by atoms with Crippen molar-refractivity contribution >= 4 is 11.6 Å². The monoisotopic (exact) mass is 444 g/mol. The summed E-state index contributed by atoms with van der Waals surface area (Å²) >= 11 is 0. The number of methoxy groups -OCH3 is 2. The largest absolute Gasteiger partial charge is 0.493 e. The van der Waals surface area contributed by atoms with E-state index in [-0.39, 0.29) is 55.4 Å². The van der Waals surface area contributed by atoms with Gasteiger partial charge in [0.1, 0.15) is 5.56 Å². The number of carbonyl (C=O) groups excluding carboxylic acids is 1. The molecule has 10 nitrogen and oxygen atoms in total. The van der Waals surface area contributed by atoms with E-state index in [1.54, 1.807) is 0 Å². The molecule has 31 heavy (non-hydrogen) atoms. The van der Waals surface area contributed by atoms with Crippen molar-refractivity contribution in [2.45, 2.75) is 25.7 Å². The molecule has 0 unspecified atom stereocenters. The third kappa shape index (κ3) is 4.55. The molecule has 1 N–H and O–H groups in total. The average molecular weight is 444 g/mol. The van der Waals surface area contributed by atoms with E-state index in [0.29, 0.717) is 5.69 Å². The lowest BCUT2D eigenvalue weighted by Gasteiger charge is -2.15. The zero-order valence-electron chi connectivity index (χ0n) is 16.6. The lowest BCUT2D eigenvalue weighted by atomic mass is 10.1. The van der Waals surface area contributed by atoms with Gasteiger partial charge in [-0.15, -0.1) is 0 Å². The lowest BCUT2D eigenvalue weighted by molar-refractivity contribution is -0.385. The van der Waals surface area contributed by atoms with Crippen LogP contribution < -0.4 is 14.8 Å². The zero-order valence-corrected chi connectivity index (χ0v) is 16.6. The van der Waals surface area contributed by atoms with Gasteiger partial charge in [0.25, 0.3) is 11.6 Å². The highest BCUT2D eigenvalue weighted by Crippen LogP contribution is 2.35. The predicted octanol–water partition coefficient (Wildman–Crippen LogP) is 2.33. The van der Waals surface area contributed by atoms with Crippen LogP contribution in [-0.4, -0.2) is 48.0 Å². The molecule has 1 amide bonds. The quantitative estimate of drug-likeness (QED) is 0.514. The van der Waals surface area contributed by atoms with E-state index in [0.717, 1.165) is 6.07 Å². The van der Waals surface area contributed by atoms with Crippen LogP contribution in [0.3, 0.4) is 0 Å². The van der Waals surface area contributed by atoms with E-state index in [2.05, 4.69) is 10.4 Å². The number of rotatable bonds is 7.